The lowest BCUT2D eigenvalue weighted by Crippen LogP contribution is -2.40. The number of non-ortho nitro benzene ring substituents is 1. The Bertz CT molecular complexity index is 1950. The number of methoxy groups -OCH3 is 1. The van der Waals surface area contributed by atoms with E-state index in [1.54, 1.807) is 44.2 Å². The van der Waals surface area contributed by atoms with Crippen LogP contribution in [0.25, 0.3) is 17.4 Å². The van der Waals surface area contributed by atoms with Crippen LogP contribution in [0.3, 0.4) is 0 Å². The molecule has 0 amide bonds. The van der Waals surface area contributed by atoms with E-state index >= 15 is 0 Å². The Morgan fingerprint density at radius 1 is 1.21 bits per heavy atom. The average molecular weight is 667 g/mol. The molecule has 0 N–H and O–H groups in total. The second kappa shape index (κ2) is 12.5. The molecule has 10 nitrogen and oxygen atoms in total. The number of thiazole rings is 1. The molecule has 43 heavy (non-hydrogen) atoms. The summed E-state index contributed by atoms with van der Waals surface area (Å²) in [6.45, 7) is 5.67. The Morgan fingerprint density at radius 2 is 2.00 bits per heavy atom. The van der Waals surface area contributed by atoms with Gasteiger partial charge in [-0.25, -0.2) is 9.79 Å². The van der Waals surface area contributed by atoms with Gasteiger partial charge in [0.15, 0.2) is 4.80 Å². The zero-order valence-corrected chi connectivity index (χ0v) is 26.3. The molecule has 0 saturated carbocycles. The number of fused-ring (bicyclic) bond motifs is 1. The average Bonchev–Trinajstić information content (AvgIpc) is 3.56. The van der Waals surface area contributed by atoms with Crippen LogP contribution >= 0.6 is 27.3 Å². The second-order valence-corrected chi connectivity index (χ2v) is 11.7. The van der Waals surface area contributed by atoms with Crippen LogP contribution in [0.4, 0.5) is 5.69 Å². The lowest BCUT2D eigenvalue weighted by Gasteiger charge is -2.27. The van der Waals surface area contributed by atoms with Crippen LogP contribution in [-0.4, -0.2) is 29.2 Å². The number of hydrogen-bond donors (Lipinski definition) is 0. The van der Waals surface area contributed by atoms with Gasteiger partial charge in [0.1, 0.15) is 23.3 Å². The SMILES string of the molecule is CCCC1=C(C(=O)OCC)[C@H](c2cc(Br)ccc2OC)n2c(s/c(=C/c3ccc(-c4ccc([N+](=O)[O-])cc4C)o3)c2=O)=N1. The summed E-state index contributed by atoms with van der Waals surface area (Å²) in [5, 5.41) is 11.1. The molecule has 2 aromatic carbocycles. The molecule has 0 radical (unpaired) electrons. The molecule has 12 heteroatoms. The smallest absolute Gasteiger partial charge is 0.338 e. The van der Waals surface area contributed by atoms with Gasteiger partial charge in [0.25, 0.3) is 11.2 Å². The monoisotopic (exact) mass is 665 g/mol. The Labute approximate surface area is 258 Å². The molecule has 3 heterocycles. The molecule has 0 saturated heterocycles. The largest absolute Gasteiger partial charge is 0.496 e. The lowest BCUT2D eigenvalue weighted by atomic mass is 9.93. The summed E-state index contributed by atoms with van der Waals surface area (Å²) in [5.41, 5.74) is 2.52. The van der Waals surface area contributed by atoms with Crippen molar-refractivity contribution in [3.05, 3.63) is 111 Å². The zero-order valence-electron chi connectivity index (χ0n) is 23.9. The first-order valence-corrected chi connectivity index (χ1v) is 15.2. The third kappa shape index (κ3) is 5.84. The van der Waals surface area contributed by atoms with Crippen LogP contribution in [0.5, 0.6) is 5.75 Å². The number of hydrogen-bond acceptors (Lipinski definition) is 9. The van der Waals surface area contributed by atoms with E-state index in [1.165, 1.54) is 35.1 Å². The maximum absolute atomic E-state index is 14.1. The van der Waals surface area contributed by atoms with Crippen molar-refractivity contribution < 1.29 is 23.6 Å². The molecule has 222 valence electrons. The number of benzene rings is 2. The van der Waals surface area contributed by atoms with Crippen molar-refractivity contribution in [2.24, 2.45) is 4.99 Å². The minimum absolute atomic E-state index is 0.00426. The topological polar surface area (TPSA) is 126 Å². The summed E-state index contributed by atoms with van der Waals surface area (Å²) in [6.07, 6.45) is 2.88. The highest BCUT2D eigenvalue weighted by Crippen LogP contribution is 2.38. The van der Waals surface area contributed by atoms with Gasteiger partial charge >= 0.3 is 5.97 Å². The second-order valence-electron chi connectivity index (χ2n) is 9.76. The van der Waals surface area contributed by atoms with Gasteiger partial charge in [0.05, 0.1) is 34.4 Å². The van der Waals surface area contributed by atoms with Crippen molar-refractivity contribution in [2.45, 2.75) is 39.7 Å². The number of nitrogens with zero attached hydrogens (tertiary/aromatic N) is 3. The molecule has 0 fully saturated rings. The Kier molecular flexibility index (Phi) is 8.79. The van der Waals surface area contributed by atoms with Gasteiger partial charge in [-0.2, -0.15) is 0 Å². The van der Waals surface area contributed by atoms with Crippen LogP contribution in [0, 0.1) is 17.0 Å². The molecule has 1 aliphatic heterocycles. The normalized spacial score (nSPS) is 14.8. The molecule has 0 bridgehead atoms. The number of furan rings is 1. The van der Waals surface area contributed by atoms with Crippen molar-refractivity contribution in [3.63, 3.8) is 0 Å². The van der Waals surface area contributed by atoms with E-state index in [9.17, 15) is 19.7 Å². The van der Waals surface area contributed by atoms with Crippen LogP contribution in [-0.2, 0) is 9.53 Å². The lowest BCUT2D eigenvalue weighted by molar-refractivity contribution is -0.384. The molecular formula is C31H28BrN3O7S. The maximum Gasteiger partial charge on any atom is 0.338 e. The quantitative estimate of drug-likeness (QED) is 0.125. The molecular weight excluding hydrogens is 638 g/mol. The predicted molar refractivity (Wildman–Crippen MR) is 166 cm³/mol. The van der Waals surface area contributed by atoms with E-state index in [4.69, 9.17) is 18.9 Å². The number of halogens is 1. The Morgan fingerprint density at radius 3 is 2.67 bits per heavy atom. The first-order valence-electron chi connectivity index (χ1n) is 13.6. The number of aryl methyl sites for hydroxylation is 1. The van der Waals surface area contributed by atoms with E-state index < -0.39 is 16.9 Å². The molecule has 4 aromatic rings. The number of carbonyl (C=O) groups is 1. The molecule has 1 aliphatic rings. The van der Waals surface area contributed by atoms with Crippen LogP contribution in [0.1, 0.15) is 49.6 Å². The van der Waals surface area contributed by atoms with E-state index in [-0.39, 0.29) is 17.9 Å². The summed E-state index contributed by atoms with van der Waals surface area (Å²) >= 11 is 4.72. The Hall–Kier alpha value is -4.29. The molecule has 0 spiro atoms. The van der Waals surface area contributed by atoms with Gasteiger partial charge in [-0.3, -0.25) is 19.5 Å². The molecule has 0 unspecified atom stereocenters. The highest BCUT2D eigenvalue weighted by Gasteiger charge is 2.36. The zero-order chi connectivity index (χ0) is 30.8. The Balaban J connectivity index is 1.68. The minimum Gasteiger partial charge on any atom is -0.496 e. The van der Waals surface area contributed by atoms with Crippen molar-refractivity contribution in [3.8, 4) is 17.1 Å². The van der Waals surface area contributed by atoms with Gasteiger partial charge in [-0.15, -0.1) is 0 Å². The van der Waals surface area contributed by atoms with Crippen molar-refractivity contribution in [1.82, 2.24) is 4.57 Å². The number of aromatic nitrogens is 1. The van der Waals surface area contributed by atoms with E-state index in [2.05, 4.69) is 15.9 Å². The van der Waals surface area contributed by atoms with Crippen LogP contribution in [0.15, 0.2) is 78.5 Å². The number of nitro groups is 1. The predicted octanol–water partition coefficient (Wildman–Crippen LogP) is 5.83. The highest BCUT2D eigenvalue weighted by molar-refractivity contribution is 9.10. The highest BCUT2D eigenvalue weighted by atomic mass is 79.9. The van der Waals surface area contributed by atoms with Crippen molar-refractivity contribution in [1.29, 1.82) is 0 Å². The number of nitro benzene ring substituents is 1. The summed E-state index contributed by atoms with van der Waals surface area (Å²) < 4.78 is 19.8. The number of rotatable bonds is 9. The molecule has 0 aliphatic carbocycles. The summed E-state index contributed by atoms with van der Waals surface area (Å²) in [7, 11) is 1.54. The standard InChI is InChI=1S/C31H28BrN3O7S/c1-5-7-23-27(30(37)41-6-2)28(22-15-18(32)8-12-24(22)40-4)34-29(36)26(43-31(34)33-23)16-20-10-13-25(42-20)21-11-9-19(35(38)39)14-17(21)3/h8-16,28H,5-7H2,1-4H3/b26-16+/t28-/m0/s1. The van der Waals surface area contributed by atoms with Crippen LogP contribution < -0.4 is 19.6 Å². The van der Waals surface area contributed by atoms with Gasteiger partial charge in [0.2, 0.25) is 0 Å². The van der Waals surface area contributed by atoms with E-state index in [1.807, 2.05) is 19.1 Å². The maximum atomic E-state index is 14.1. The third-order valence-electron chi connectivity index (χ3n) is 6.96. The summed E-state index contributed by atoms with van der Waals surface area (Å²) in [5.74, 6) is 0.910. The van der Waals surface area contributed by atoms with E-state index in [0.717, 1.165) is 10.9 Å². The number of carbonyl (C=O) groups excluding carboxylic acids is 1. The fourth-order valence-electron chi connectivity index (χ4n) is 5.08. The minimum atomic E-state index is -0.832. The van der Waals surface area contributed by atoms with Gasteiger partial charge in [0, 0.05) is 33.8 Å². The molecule has 2 aromatic heterocycles. The third-order valence-corrected chi connectivity index (χ3v) is 8.44. The number of allylic oxidation sites excluding steroid dienone is 1. The van der Waals surface area contributed by atoms with E-state index in [0.29, 0.717) is 61.0 Å². The summed E-state index contributed by atoms with van der Waals surface area (Å²) in [4.78, 5) is 43.4. The molecule has 5 rings (SSSR count). The number of ether oxygens (including phenoxy) is 2. The fraction of sp³-hybridized carbons (Fsp3) is 0.258. The fourth-order valence-corrected chi connectivity index (χ4v) is 6.46. The van der Waals surface area contributed by atoms with Gasteiger partial charge in [-0.05, 0) is 62.2 Å². The van der Waals surface area contributed by atoms with Crippen molar-refractivity contribution >= 4 is 45.0 Å². The van der Waals surface area contributed by atoms with Crippen LogP contribution in [0.2, 0.25) is 0 Å². The molecule has 1 atom stereocenters. The van der Waals surface area contributed by atoms with Gasteiger partial charge in [-0.1, -0.05) is 40.6 Å². The first-order chi connectivity index (χ1) is 20.7. The van der Waals surface area contributed by atoms with Gasteiger partial charge < -0.3 is 13.9 Å². The summed E-state index contributed by atoms with van der Waals surface area (Å²) in [6, 6.07) is 12.6. The number of esters is 1. The van der Waals surface area contributed by atoms with Crippen molar-refractivity contribution in [2.75, 3.05) is 13.7 Å². The first kappa shape index (κ1) is 30.2.